The third-order valence-electron chi connectivity index (χ3n) is 4.42. The Balaban J connectivity index is 1.51. The van der Waals surface area contributed by atoms with E-state index in [9.17, 15) is 4.79 Å². The summed E-state index contributed by atoms with van der Waals surface area (Å²) in [6.45, 7) is 1.93. The smallest absolute Gasteiger partial charge is 0.132 e. The van der Waals surface area contributed by atoms with Gasteiger partial charge in [-0.05, 0) is 25.0 Å². The van der Waals surface area contributed by atoms with Crippen LogP contribution in [0, 0.1) is 0 Å². The highest BCUT2D eigenvalue weighted by Crippen LogP contribution is 2.21. The van der Waals surface area contributed by atoms with Gasteiger partial charge in [0.15, 0.2) is 0 Å². The van der Waals surface area contributed by atoms with Crippen molar-refractivity contribution in [3.8, 4) is 11.3 Å². The molecule has 3 rings (SSSR count). The average Bonchev–Trinajstić information content (AvgIpc) is 3.12. The summed E-state index contributed by atoms with van der Waals surface area (Å²) in [5.74, 6) is 1.38. The molecule has 0 aliphatic rings. The highest BCUT2D eigenvalue weighted by atomic mass is 16.1. The summed E-state index contributed by atoms with van der Waals surface area (Å²) in [6.07, 6.45) is 12.0. The molecular formula is C20H24N4O. The van der Waals surface area contributed by atoms with Gasteiger partial charge in [0.05, 0.1) is 22.9 Å². The van der Waals surface area contributed by atoms with Gasteiger partial charge in [0.1, 0.15) is 11.6 Å². The summed E-state index contributed by atoms with van der Waals surface area (Å²) in [5.41, 5.74) is 3.87. The molecule has 0 bridgehead atoms. The van der Waals surface area contributed by atoms with Crippen LogP contribution in [0.3, 0.4) is 0 Å². The number of hydrogen-bond donors (Lipinski definition) is 1. The fraction of sp³-hybridized carbons (Fsp3) is 0.400. The SMILES string of the molecule is CCC(=O)CCCCCCc1ncc(-c2ccc3nccnc3c2)[nH]1. The molecule has 0 saturated carbocycles. The second kappa shape index (κ2) is 8.51. The first-order chi connectivity index (χ1) is 12.3. The topological polar surface area (TPSA) is 71.5 Å². The molecule has 5 nitrogen and oxygen atoms in total. The predicted molar refractivity (Wildman–Crippen MR) is 99.2 cm³/mol. The molecule has 0 amide bonds. The Labute approximate surface area is 147 Å². The molecule has 2 aromatic heterocycles. The number of carbonyl (C=O) groups excluding carboxylic acids is 1. The van der Waals surface area contributed by atoms with Crippen molar-refractivity contribution in [2.45, 2.75) is 51.9 Å². The number of ketones is 1. The fourth-order valence-electron chi connectivity index (χ4n) is 2.91. The molecule has 0 aliphatic heterocycles. The summed E-state index contributed by atoms with van der Waals surface area (Å²) >= 11 is 0. The normalized spacial score (nSPS) is 11.1. The Bertz CT molecular complexity index is 840. The first-order valence-electron chi connectivity index (χ1n) is 9.03. The Morgan fingerprint density at radius 2 is 1.80 bits per heavy atom. The lowest BCUT2D eigenvalue weighted by molar-refractivity contribution is -0.118. The molecule has 2 heterocycles. The standard InChI is InChI=1S/C20H24N4O/c1-2-16(25)7-5-3-4-6-8-20-23-14-19(24-20)15-9-10-17-18(13-15)22-12-11-21-17/h9-14H,2-8H2,1H3,(H,23,24). The number of nitrogens with zero attached hydrogens (tertiary/aromatic N) is 3. The maximum absolute atomic E-state index is 11.3. The van der Waals surface area contributed by atoms with E-state index in [4.69, 9.17) is 0 Å². The number of unbranched alkanes of at least 4 members (excludes halogenated alkanes) is 3. The summed E-state index contributed by atoms with van der Waals surface area (Å²) in [4.78, 5) is 27.8. The Morgan fingerprint density at radius 3 is 2.64 bits per heavy atom. The van der Waals surface area contributed by atoms with Gasteiger partial charge in [-0.1, -0.05) is 25.8 Å². The lowest BCUT2D eigenvalue weighted by Gasteiger charge is -2.01. The zero-order valence-corrected chi connectivity index (χ0v) is 14.7. The molecule has 0 fully saturated rings. The third-order valence-corrected chi connectivity index (χ3v) is 4.42. The number of H-pyrrole nitrogens is 1. The molecule has 0 spiro atoms. The summed E-state index contributed by atoms with van der Waals surface area (Å²) in [6, 6.07) is 6.05. The van der Waals surface area contributed by atoms with E-state index in [1.54, 1.807) is 12.4 Å². The summed E-state index contributed by atoms with van der Waals surface area (Å²) in [7, 11) is 0. The molecule has 0 radical (unpaired) electrons. The van der Waals surface area contributed by atoms with Crippen molar-refractivity contribution in [2.24, 2.45) is 0 Å². The van der Waals surface area contributed by atoms with E-state index < -0.39 is 0 Å². The van der Waals surface area contributed by atoms with Crippen molar-refractivity contribution in [2.75, 3.05) is 0 Å². The molecule has 0 saturated heterocycles. The molecule has 5 heteroatoms. The fourth-order valence-corrected chi connectivity index (χ4v) is 2.91. The Kier molecular flexibility index (Phi) is 5.88. The lowest BCUT2D eigenvalue weighted by atomic mass is 10.1. The average molecular weight is 336 g/mol. The summed E-state index contributed by atoms with van der Waals surface area (Å²) < 4.78 is 0. The minimum Gasteiger partial charge on any atom is -0.342 e. The van der Waals surface area contributed by atoms with Crippen LogP contribution >= 0.6 is 0 Å². The Hall–Kier alpha value is -2.56. The number of imidazole rings is 1. The monoisotopic (exact) mass is 336 g/mol. The number of aromatic amines is 1. The van der Waals surface area contributed by atoms with E-state index >= 15 is 0 Å². The molecule has 130 valence electrons. The molecular weight excluding hydrogens is 312 g/mol. The third kappa shape index (κ3) is 4.72. The first kappa shape index (κ1) is 17.3. The van der Waals surface area contributed by atoms with E-state index in [2.05, 4.69) is 19.9 Å². The number of aromatic nitrogens is 4. The van der Waals surface area contributed by atoms with Gasteiger partial charge in [-0.2, -0.15) is 0 Å². The second-order valence-corrected chi connectivity index (χ2v) is 6.31. The second-order valence-electron chi connectivity index (χ2n) is 6.31. The van der Waals surface area contributed by atoms with E-state index in [1.807, 2.05) is 31.3 Å². The lowest BCUT2D eigenvalue weighted by Crippen LogP contribution is -1.94. The minimum atomic E-state index is 0.371. The van der Waals surface area contributed by atoms with E-state index in [0.717, 1.165) is 66.6 Å². The van der Waals surface area contributed by atoms with Crippen LogP contribution in [0.2, 0.25) is 0 Å². The van der Waals surface area contributed by atoms with Crippen molar-refractivity contribution < 1.29 is 4.79 Å². The number of benzene rings is 1. The van der Waals surface area contributed by atoms with Crippen LogP contribution < -0.4 is 0 Å². The van der Waals surface area contributed by atoms with Gasteiger partial charge in [0.25, 0.3) is 0 Å². The number of rotatable bonds is 9. The van der Waals surface area contributed by atoms with Gasteiger partial charge in [-0.25, -0.2) is 4.98 Å². The predicted octanol–water partition coefficient (Wildman–Crippen LogP) is 4.49. The molecule has 1 N–H and O–H groups in total. The van der Waals surface area contributed by atoms with Crippen LogP contribution in [-0.2, 0) is 11.2 Å². The van der Waals surface area contributed by atoms with Crippen molar-refractivity contribution in [3.63, 3.8) is 0 Å². The van der Waals surface area contributed by atoms with Crippen LogP contribution in [0.15, 0.2) is 36.8 Å². The van der Waals surface area contributed by atoms with Crippen LogP contribution in [0.25, 0.3) is 22.3 Å². The minimum absolute atomic E-state index is 0.371. The number of hydrogen-bond acceptors (Lipinski definition) is 4. The molecule has 0 atom stereocenters. The van der Waals surface area contributed by atoms with Crippen molar-refractivity contribution in [1.82, 2.24) is 19.9 Å². The summed E-state index contributed by atoms with van der Waals surface area (Å²) in [5, 5.41) is 0. The molecule has 1 aromatic carbocycles. The molecule has 25 heavy (non-hydrogen) atoms. The van der Waals surface area contributed by atoms with Gasteiger partial charge in [-0.3, -0.25) is 14.8 Å². The highest BCUT2D eigenvalue weighted by molar-refractivity contribution is 5.80. The zero-order valence-electron chi connectivity index (χ0n) is 14.7. The van der Waals surface area contributed by atoms with Crippen molar-refractivity contribution in [1.29, 1.82) is 0 Å². The van der Waals surface area contributed by atoms with Crippen LogP contribution in [0.1, 0.15) is 51.3 Å². The maximum Gasteiger partial charge on any atom is 0.132 e. The van der Waals surface area contributed by atoms with Crippen LogP contribution in [0.5, 0.6) is 0 Å². The van der Waals surface area contributed by atoms with Crippen molar-refractivity contribution >= 4 is 16.8 Å². The largest absolute Gasteiger partial charge is 0.342 e. The van der Waals surface area contributed by atoms with Crippen molar-refractivity contribution in [3.05, 3.63) is 42.6 Å². The van der Waals surface area contributed by atoms with Crippen LogP contribution in [-0.4, -0.2) is 25.7 Å². The van der Waals surface area contributed by atoms with Gasteiger partial charge in [0, 0.05) is 37.2 Å². The number of aryl methyl sites for hydroxylation is 1. The number of nitrogens with one attached hydrogen (secondary N) is 1. The zero-order chi connectivity index (χ0) is 17.5. The Morgan fingerprint density at radius 1 is 1.00 bits per heavy atom. The quantitative estimate of drug-likeness (QED) is 0.584. The van der Waals surface area contributed by atoms with Gasteiger partial charge < -0.3 is 4.98 Å². The van der Waals surface area contributed by atoms with E-state index in [-0.39, 0.29) is 0 Å². The number of fused-ring (bicyclic) bond motifs is 1. The van der Waals surface area contributed by atoms with E-state index in [0.29, 0.717) is 12.2 Å². The molecule has 0 unspecified atom stereocenters. The van der Waals surface area contributed by atoms with Crippen LogP contribution in [0.4, 0.5) is 0 Å². The number of carbonyl (C=O) groups is 1. The number of Topliss-reactive ketones (excluding diaryl/α,β-unsaturated/α-hetero) is 1. The van der Waals surface area contributed by atoms with Gasteiger partial charge >= 0.3 is 0 Å². The van der Waals surface area contributed by atoms with Gasteiger partial charge in [0.2, 0.25) is 0 Å². The van der Waals surface area contributed by atoms with Gasteiger partial charge in [-0.15, -0.1) is 0 Å². The first-order valence-corrected chi connectivity index (χ1v) is 9.03. The molecule has 3 aromatic rings. The highest BCUT2D eigenvalue weighted by Gasteiger charge is 2.05. The maximum atomic E-state index is 11.3. The van der Waals surface area contributed by atoms with E-state index in [1.165, 1.54) is 0 Å². The molecule has 0 aliphatic carbocycles.